The maximum absolute atomic E-state index is 12.3. The average Bonchev–Trinajstić information content (AvgIpc) is 3.21. The van der Waals surface area contributed by atoms with E-state index in [1.807, 2.05) is 18.2 Å². The van der Waals surface area contributed by atoms with Gasteiger partial charge in [0.05, 0.1) is 0 Å². The summed E-state index contributed by atoms with van der Waals surface area (Å²) in [5, 5.41) is 5.52. The van der Waals surface area contributed by atoms with Crippen molar-refractivity contribution in [2.45, 2.75) is 19.5 Å². The van der Waals surface area contributed by atoms with Crippen molar-refractivity contribution in [1.29, 1.82) is 0 Å². The van der Waals surface area contributed by atoms with Crippen molar-refractivity contribution in [2.75, 3.05) is 0 Å². The molecular formula is C19H19N5O2. The Morgan fingerprint density at radius 1 is 1.12 bits per heavy atom. The summed E-state index contributed by atoms with van der Waals surface area (Å²) >= 11 is 0. The zero-order chi connectivity index (χ0) is 18.4. The molecule has 1 aromatic carbocycles. The number of amides is 2. The van der Waals surface area contributed by atoms with E-state index in [0.29, 0.717) is 17.9 Å². The van der Waals surface area contributed by atoms with Crippen molar-refractivity contribution in [3.8, 4) is 5.82 Å². The lowest BCUT2D eigenvalue weighted by atomic mass is 10.2. The molecule has 2 amide bonds. The number of pyridine rings is 1. The van der Waals surface area contributed by atoms with E-state index in [1.165, 1.54) is 0 Å². The lowest BCUT2D eigenvalue weighted by Gasteiger charge is -2.15. The summed E-state index contributed by atoms with van der Waals surface area (Å²) in [6, 6.07) is 11.8. The smallest absolute Gasteiger partial charge is 0.251 e. The Kier molecular flexibility index (Phi) is 5.38. The van der Waals surface area contributed by atoms with E-state index in [-0.39, 0.29) is 11.8 Å². The molecule has 3 aromatic rings. The molecule has 0 saturated heterocycles. The van der Waals surface area contributed by atoms with Crippen LogP contribution >= 0.6 is 0 Å². The van der Waals surface area contributed by atoms with Gasteiger partial charge in [0, 0.05) is 36.3 Å². The van der Waals surface area contributed by atoms with Crippen molar-refractivity contribution in [1.82, 2.24) is 25.2 Å². The number of carbonyl (C=O) groups excluding carboxylic acids is 2. The van der Waals surface area contributed by atoms with Crippen molar-refractivity contribution >= 4 is 11.8 Å². The minimum atomic E-state index is -0.656. The van der Waals surface area contributed by atoms with Gasteiger partial charge in [-0.15, -0.1) is 0 Å². The second kappa shape index (κ2) is 8.06. The summed E-state index contributed by atoms with van der Waals surface area (Å²) in [5.41, 5.74) is 1.36. The molecule has 0 aliphatic rings. The molecule has 0 bridgehead atoms. The zero-order valence-corrected chi connectivity index (χ0v) is 14.3. The minimum absolute atomic E-state index is 0.269. The van der Waals surface area contributed by atoms with Crippen LogP contribution < -0.4 is 10.6 Å². The number of imidazole rings is 1. The molecule has 2 heterocycles. The van der Waals surface area contributed by atoms with Crippen LogP contribution in [0.3, 0.4) is 0 Å². The molecule has 132 valence electrons. The molecule has 7 nitrogen and oxygen atoms in total. The number of rotatable bonds is 6. The summed E-state index contributed by atoms with van der Waals surface area (Å²) < 4.78 is 1.78. The second-order valence-corrected chi connectivity index (χ2v) is 5.74. The normalized spacial score (nSPS) is 11.6. The number of carbonyl (C=O) groups is 2. The van der Waals surface area contributed by atoms with E-state index in [0.717, 1.165) is 5.56 Å². The van der Waals surface area contributed by atoms with E-state index in [1.54, 1.807) is 60.7 Å². The van der Waals surface area contributed by atoms with Crippen LogP contribution in [0.15, 0.2) is 67.4 Å². The van der Waals surface area contributed by atoms with Gasteiger partial charge in [-0.1, -0.05) is 24.3 Å². The molecule has 2 aromatic heterocycles. The van der Waals surface area contributed by atoms with Crippen molar-refractivity contribution < 1.29 is 9.59 Å². The number of nitrogens with zero attached hydrogens (tertiary/aromatic N) is 3. The van der Waals surface area contributed by atoms with E-state index in [4.69, 9.17) is 0 Å². The third-order valence-electron chi connectivity index (χ3n) is 3.85. The van der Waals surface area contributed by atoms with E-state index < -0.39 is 6.04 Å². The summed E-state index contributed by atoms with van der Waals surface area (Å²) in [7, 11) is 0. The van der Waals surface area contributed by atoms with Crippen LogP contribution in [-0.4, -0.2) is 32.4 Å². The van der Waals surface area contributed by atoms with E-state index in [2.05, 4.69) is 20.6 Å². The molecule has 7 heteroatoms. The molecule has 0 aliphatic carbocycles. The summed E-state index contributed by atoms with van der Waals surface area (Å²) in [6.45, 7) is 1.95. The fourth-order valence-corrected chi connectivity index (χ4v) is 2.46. The van der Waals surface area contributed by atoms with Crippen LogP contribution in [0.5, 0.6) is 0 Å². The molecular weight excluding hydrogens is 330 g/mol. The van der Waals surface area contributed by atoms with Gasteiger partial charge >= 0.3 is 0 Å². The fraction of sp³-hybridized carbons (Fsp3) is 0.158. The molecule has 2 N–H and O–H groups in total. The van der Waals surface area contributed by atoms with Gasteiger partial charge in [0.15, 0.2) is 0 Å². The minimum Gasteiger partial charge on any atom is -0.350 e. The maximum atomic E-state index is 12.3. The van der Waals surface area contributed by atoms with Crippen LogP contribution in [0.2, 0.25) is 0 Å². The molecule has 0 unspecified atom stereocenters. The molecule has 0 saturated carbocycles. The van der Waals surface area contributed by atoms with E-state index >= 15 is 0 Å². The first-order valence-electron chi connectivity index (χ1n) is 8.21. The first-order valence-corrected chi connectivity index (χ1v) is 8.21. The Hall–Kier alpha value is -3.48. The standard InChI is InChI=1S/C19H19N5O2/c1-14(23-19(26)15-6-3-2-4-7-15)18(25)22-12-16-8-5-9-21-17(16)24-11-10-20-13-24/h2-11,13-14H,12H2,1H3,(H,22,25)(H,23,26)/t14-/m1/s1. The number of aromatic nitrogens is 3. The average molecular weight is 349 g/mol. The Morgan fingerprint density at radius 2 is 1.92 bits per heavy atom. The van der Waals surface area contributed by atoms with Gasteiger partial charge in [-0.3, -0.25) is 14.2 Å². The summed E-state index contributed by atoms with van der Waals surface area (Å²) in [4.78, 5) is 32.8. The Bertz CT molecular complexity index is 878. The third-order valence-corrected chi connectivity index (χ3v) is 3.85. The second-order valence-electron chi connectivity index (χ2n) is 5.74. The third kappa shape index (κ3) is 4.13. The lowest BCUT2D eigenvalue weighted by molar-refractivity contribution is -0.122. The lowest BCUT2D eigenvalue weighted by Crippen LogP contribution is -2.44. The highest BCUT2D eigenvalue weighted by Crippen LogP contribution is 2.10. The summed E-state index contributed by atoms with van der Waals surface area (Å²) in [5.74, 6) is 0.148. The molecule has 0 radical (unpaired) electrons. The zero-order valence-electron chi connectivity index (χ0n) is 14.3. The van der Waals surface area contributed by atoms with Gasteiger partial charge in [-0.05, 0) is 25.1 Å². The SMILES string of the molecule is C[C@@H](NC(=O)c1ccccc1)C(=O)NCc1cccnc1-n1ccnc1. The van der Waals surface area contributed by atoms with Gasteiger partial charge < -0.3 is 10.6 Å². The fourth-order valence-electron chi connectivity index (χ4n) is 2.46. The first kappa shape index (κ1) is 17.3. The first-order chi connectivity index (χ1) is 12.6. The van der Waals surface area contributed by atoms with Crippen molar-refractivity contribution in [3.63, 3.8) is 0 Å². The number of hydrogen-bond donors (Lipinski definition) is 2. The van der Waals surface area contributed by atoms with Crippen LogP contribution in [0.25, 0.3) is 5.82 Å². The predicted molar refractivity (Wildman–Crippen MR) is 96.6 cm³/mol. The van der Waals surface area contributed by atoms with Crippen LogP contribution in [0.4, 0.5) is 0 Å². The molecule has 0 spiro atoms. The van der Waals surface area contributed by atoms with Gasteiger partial charge in [-0.25, -0.2) is 9.97 Å². The van der Waals surface area contributed by atoms with Crippen LogP contribution in [-0.2, 0) is 11.3 Å². The van der Waals surface area contributed by atoms with Gasteiger partial charge in [-0.2, -0.15) is 0 Å². The molecule has 1 atom stereocenters. The van der Waals surface area contributed by atoms with Gasteiger partial charge in [0.2, 0.25) is 5.91 Å². The molecule has 3 rings (SSSR count). The monoisotopic (exact) mass is 349 g/mol. The Labute approximate surface area is 151 Å². The highest BCUT2D eigenvalue weighted by molar-refractivity contribution is 5.97. The highest BCUT2D eigenvalue weighted by Gasteiger charge is 2.17. The molecule has 0 aliphatic heterocycles. The topological polar surface area (TPSA) is 88.9 Å². The van der Waals surface area contributed by atoms with E-state index in [9.17, 15) is 9.59 Å². The number of nitrogens with one attached hydrogen (secondary N) is 2. The largest absolute Gasteiger partial charge is 0.350 e. The Balaban J connectivity index is 1.60. The summed E-state index contributed by atoms with van der Waals surface area (Å²) in [6.07, 6.45) is 6.79. The predicted octanol–water partition coefficient (Wildman–Crippen LogP) is 1.70. The molecule has 26 heavy (non-hydrogen) atoms. The van der Waals surface area contributed by atoms with Crippen LogP contribution in [0.1, 0.15) is 22.8 Å². The quantitative estimate of drug-likeness (QED) is 0.709. The number of hydrogen-bond acceptors (Lipinski definition) is 4. The molecule has 0 fully saturated rings. The van der Waals surface area contributed by atoms with Gasteiger partial charge in [0.1, 0.15) is 18.2 Å². The van der Waals surface area contributed by atoms with Crippen LogP contribution in [0, 0.1) is 0 Å². The van der Waals surface area contributed by atoms with Crippen molar-refractivity contribution in [3.05, 3.63) is 78.5 Å². The van der Waals surface area contributed by atoms with Gasteiger partial charge in [0.25, 0.3) is 5.91 Å². The number of benzene rings is 1. The highest BCUT2D eigenvalue weighted by atomic mass is 16.2. The maximum Gasteiger partial charge on any atom is 0.251 e. The Morgan fingerprint density at radius 3 is 2.65 bits per heavy atom. The van der Waals surface area contributed by atoms with Crippen molar-refractivity contribution in [2.24, 2.45) is 0 Å².